The Kier molecular flexibility index (Phi) is 6.92. The lowest BCUT2D eigenvalue weighted by molar-refractivity contribution is 0.0997. The van der Waals surface area contributed by atoms with Crippen molar-refractivity contribution in [3.8, 4) is 0 Å². The van der Waals surface area contributed by atoms with Crippen LogP contribution in [0.25, 0.3) is 6.08 Å². The Morgan fingerprint density at radius 3 is 2.57 bits per heavy atom. The van der Waals surface area contributed by atoms with E-state index < -0.39 is 0 Å². The molecule has 1 aromatic heterocycles. The molecule has 1 spiro atoms. The molecular formula is C28H26Cl2FN3O. The standard InChI is InChI=1S/C28H26Cl2FN3O/c29-22-5-3-20(4-6-22)2-1-13-33-14-10-28(11-15-33)19-34(25-8-7-23(31)17-24(25)28)18-26(35)21-9-12-32-27(30)16-21/h1-9,12,16-17H,10-11,13-15,18-19H2/b2-1+. The van der Waals surface area contributed by atoms with Crippen LogP contribution in [0.4, 0.5) is 10.1 Å². The van der Waals surface area contributed by atoms with Crippen molar-refractivity contribution in [2.75, 3.05) is 37.6 Å². The van der Waals surface area contributed by atoms with Crippen LogP contribution in [0.2, 0.25) is 10.2 Å². The van der Waals surface area contributed by atoms with Gasteiger partial charge in [0.2, 0.25) is 0 Å². The highest BCUT2D eigenvalue weighted by atomic mass is 35.5. The number of likely N-dealkylation sites (tertiary alicyclic amines) is 1. The van der Waals surface area contributed by atoms with Gasteiger partial charge in [-0.15, -0.1) is 0 Å². The Morgan fingerprint density at radius 1 is 1.06 bits per heavy atom. The third-order valence-electron chi connectivity index (χ3n) is 7.10. The van der Waals surface area contributed by atoms with E-state index in [2.05, 4.69) is 26.9 Å². The summed E-state index contributed by atoms with van der Waals surface area (Å²) >= 11 is 11.9. The van der Waals surface area contributed by atoms with E-state index in [1.165, 1.54) is 6.07 Å². The number of anilines is 1. The molecule has 4 nitrogen and oxygen atoms in total. The maximum Gasteiger partial charge on any atom is 0.182 e. The number of pyridine rings is 1. The summed E-state index contributed by atoms with van der Waals surface area (Å²) in [5.74, 6) is -0.253. The van der Waals surface area contributed by atoms with Gasteiger partial charge in [-0.25, -0.2) is 9.37 Å². The van der Waals surface area contributed by atoms with Gasteiger partial charge in [0.15, 0.2) is 5.78 Å². The Bertz CT molecular complexity index is 1250. The van der Waals surface area contributed by atoms with Crippen LogP contribution in [0.5, 0.6) is 0 Å². The van der Waals surface area contributed by atoms with Crippen LogP contribution in [0.3, 0.4) is 0 Å². The molecule has 0 N–H and O–H groups in total. The fourth-order valence-electron chi connectivity index (χ4n) is 5.23. The van der Waals surface area contributed by atoms with E-state index in [9.17, 15) is 9.18 Å². The first-order valence-electron chi connectivity index (χ1n) is 11.8. The summed E-state index contributed by atoms with van der Waals surface area (Å²) in [6, 6.07) is 16.0. The molecule has 3 aromatic rings. The van der Waals surface area contributed by atoms with Crippen molar-refractivity contribution >= 4 is 40.7 Å². The maximum atomic E-state index is 14.3. The number of carbonyl (C=O) groups excluding carboxylic acids is 1. The van der Waals surface area contributed by atoms with Crippen molar-refractivity contribution in [1.82, 2.24) is 9.88 Å². The van der Waals surface area contributed by atoms with E-state index in [4.69, 9.17) is 23.2 Å². The van der Waals surface area contributed by atoms with Crippen LogP contribution in [0.15, 0.2) is 66.9 Å². The van der Waals surface area contributed by atoms with Crippen LogP contribution >= 0.6 is 23.2 Å². The van der Waals surface area contributed by atoms with Gasteiger partial charge in [0.1, 0.15) is 11.0 Å². The van der Waals surface area contributed by atoms with E-state index in [1.54, 1.807) is 24.4 Å². The number of Topliss-reactive ketones (excluding diaryl/α,β-unsaturated/α-hetero) is 1. The summed E-state index contributed by atoms with van der Waals surface area (Å²) in [5.41, 5.74) is 3.49. The second kappa shape index (κ2) is 10.1. The molecule has 0 amide bonds. The number of halogens is 3. The second-order valence-electron chi connectivity index (χ2n) is 9.34. The van der Waals surface area contributed by atoms with E-state index in [0.717, 1.165) is 54.3 Å². The van der Waals surface area contributed by atoms with Crippen molar-refractivity contribution < 1.29 is 9.18 Å². The molecule has 1 saturated heterocycles. The number of piperidine rings is 1. The number of hydrogen-bond donors (Lipinski definition) is 0. The van der Waals surface area contributed by atoms with Gasteiger partial charge in [-0.3, -0.25) is 9.69 Å². The molecule has 0 radical (unpaired) electrons. The average molecular weight is 510 g/mol. The smallest absolute Gasteiger partial charge is 0.182 e. The number of hydrogen-bond acceptors (Lipinski definition) is 4. The second-order valence-corrected chi connectivity index (χ2v) is 10.2. The van der Waals surface area contributed by atoms with Gasteiger partial charge in [-0.1, -0.05) is 47.5 Å². The highest BCUT2D eigenvalue weighted by Crippen LogP contribution is 2.47. The minimum atomic E-state index is -0.231. The van der Waals surface area contributed by atoms with Gasteiger partial charge in [0, 0.05) is 41.0 Å². The van der Waals surface area contributed by atoms with Crippen molar-refractivity contribution in [3.63, 3.8) is 0 Å². The molecule has 2 aliphatic rings. The monoisotopic (exact) mass is 509 g/mol. The number of nitrogens with zero attached hydrogens (tertiary/aromatic N) is 3. The summed E-state index contributed by atoms with van der Waals surface area (Å²) in [7, 11) is 0. The van der Waals surface area contributed by atoms with Crippen molar-refractivity contribution in [3.05, 3.63) is 99.6 Å². The highest BCUT2D eigenvalue weighted by Gasteiger charge is 2.45. The topological polar surface area (TPSA) is 36.4 Å². The van der Waals surface area contributed by atoms with Gasteiger partial charge in [-0.05, 0) is 79.5 Å². The van der Waals surface area contributed by atoms with Crippen molar-refractivity contribution in [2.45, 2.75) is 18.3 Å². The molecule has 0 bridgehead atoms. The minimum Gasteiger partial charge on any atom is -0.363 e. The zero-order chi connectivity index (χ0) is 24.4. The normalized spacial score (nSPS) is 17.3. The molecule has 2 aliphatic heterocycles. The van der Waals surface area contributed by atoms with Crippen LogP contribution in [-0.4, -0.2) is 48.4 Å². The Hall–Kier alpha value is -2.73. The molecule has 5 rings (SSSR count). The summed E-state index contributed by atoms with van der Waals surface area (Å²) in [6.45, 7) is 3.64. The molecule has 7 heteroatoms. The third kappa shape index (κ3) is 5.27. The van der Waals surface area contributed by atoms with Gasteiger partial charge in [0.05, 0.1) is 6.54 Å². The average Bonchev–Trinajstić information content (AvgIpc) is 3.13. The lowest BCUT2D eigenvalue weighted by atomic mass is 9.74. The van der Waals surface area contributed by atoms with E-state index in [0.29, 0.717) is 17.3 Å². The lowest BCUT2D eigenvalue weighted by Gasteiger charge is -2.39. The Balaban J connectivity index is 1.27. The number of aromatic nitrogens is 1. The Morgan fingerprint density at radius 2 is 1.83 bits per heavy atom. The van der Waals surface area contributed by atoms with Gasteiger partial charge < -0.3 is 4.90 Å². The van der Waals surface area contributed by atoms with Crippen molar-refractivity contribution in [2.24, 2.45) is 0 Å². The summed E-state index contributed by atoms with van der Waals surface area (Å²) in [6.07, 6.45) is 7.67. The predicted molar refractivity (Wildman–Crippen MR) is 140 cm³/mol. The summed E-state index contributed by atoms with van der Waals surface area (Å²) in [4.78, 5) is 21.5. The van der Waals surface area contributed by atoms with Crippen molar-refractivity contribution in [1.29, 1.82) is 0 Å². The first-order valence-corrected chi connectivity index (χ1v) is 12.5. The number of benzene rings is 2. The molecule has 2 aromatic carbocycles. The molecule has 35 heavy (non-hydrogen) atoms. The molecule has 0 saturated carbocycles. The van der Waals surface area contributed by atoms with Gasteiger partial charge in [-0.2, -0.15) is 0 Å². The van der Waals surface area contributed by atoms with Crippen LogP contribution in [0, 0.1) is 5.82 Å². The zero-order valence-electron chi connectivity index (χ0n) is 19.3. The molecular weight excluding hydrogens is 484 g/mol. The summed E-state index contributed by atoms with van der Waals surface area (Å²) < 4.78 is 14.3. The largest absolute Gasteiger partial charge is 0.363 e. The van der Waals surface area contributed by atoms with E-state index in [-0.39, 0.29) is 23.6 Å². The minimum absolute atomic E-state index is 0.0219. The zero-order valence-corrected chi connectivity index (χ0v) is 20.8. The fraction of sp³-hybridized carbons (Fsp3) is 0.286. The number of rotatable bonds is 6. The number of carbonyl (C=O) groups is 1. The predicted octanol–water partition coefficient (Wildman–Crippen LogP) is 6.28. The quantitative estimate of drug-likeness (QED) is 0.289. The SMILES string of the molecule is O=C(CN1CC2(CCN(C/C=C/c3ccc(Cl)cc3)CC2)c2cc(F)ccc21)c1ccnc(Cl)c1. The van der Waals surface area contributed by atoms with Gasteiger partial charge >= 0.3 is 0 Å². The van der Waals surface area contributed by atoms with Gasteiger partial charge in [0.25, 0.3) is 0 Å². The molecule has 180 valence electrons. The van der Waals surface area contributed by atoms with E-state index >= 15 is 0 Å². The summed E-state index contributed by atoms with van der Waals surface area (Å²) in [5, 5.41) is 1.03. The Labute approximate surface area is 215 Å². The highest BCUT2D eigenvalue weighted by molar-refractivity contribution is 6.30. The van der Waals surface area contributed by atoms with E-state index in [1.807, 2.05) is 30.3 Å². The number of ketones is 1. The van der Waals surface area contributed by atoms with Crippen LogP contribution in [0.1, 0.15) is 34.3 Å². The third-order valence-corrected chi connectivity index (χ3v) is 7.56. The number of fused-ring (bicyclic) bond motifs is 2. The molecule has 1 fully saturated rings. The van der Waals surface area contributed by atoms with Crippen LogP contribution in [-0.2, 0) is 5.41 Å². The molecule has 3 heterocycles. The molecule has 0 atom stereocenters. The first-order chi connectivity index (χ1) is 16.9. The molecule has 0 aliphatic carbocycles. The van der Waals surface area contributed by atoms with Crippen LogP contribution < -0.4 is 4.90 Å². The fourth-order valence-corrected chi connectivity index (χ4v) is 5.53. The maximum absolute atomic E-state index is 14.3. The molecule has 0 unspecified atom stereocenters. The first kappa shape index (κ1) is 24.0. The lowest BCUT2D eigenvalue weighted by Crippen LogP contribution is -2.45.